The molecule has 3 rings (SSSR count). The second-order valence-electron chi connectivity index (χ2n) is 4.92. The average molecular weight is 283 g/mol. The van der Waals surface area contributed by atoms with E-state index in [0.717, 1.165) is 16.9 Å². The summed E-state index contributed by atoms with van der Waals surface area (Å²) in [6, 6.07) is 5.81. The Morgan fingerprint density at radius 1 is 1.19 bits per heavy atom. The molecule has 0 aliphatic heterocycles. The molecule has 6 heteroatoms. The topological polar surface area (TPSA) is 64.3 Å². The molecule has 0 bridgehead atoms. The molecule has 0 radical (unpaired) electrons. The van der Waals surface area contributed by atoms with Crippen molar-refractivity contribution in [1.82, 2.24) is 19.6 Å². The molecule has 0 aliphatic carbocycles. The molecule has 0 spiro atoms. The number of hydrogen-bond donors (Lipinski definition) is 1. The number of rotatable bonds is 5. The van der Waals surface area contributed by atoms with E-state index in [0.29, 0.717) is 12.4 Å². The van der Waals surface area contributed by atoms with Crippen molar-refractivity contribution in [2.75, 3.05) is 5.32 Å². The van der Waals surface area contributed by atoms with Gasteiger partial charge in [-0.1, -0.05) is 6.07 Å². The third kappa shape index (κ3) is 2.94. The third-order valence-corrected chi connectivity index (χ3v) is 2.97. The average Bonchev–Trinajstić information content (AvgIpc) is 2.95. The molecule has 0 fully saturated rings. The summed E-state index contributed by atoms with van der Waals surface area (Å²) in [5.74, 6) is 1.44. The molecule has 0 aliphatic rings. The molecule has 0 atom stereocenters. The second kappa shape index (κ2) is 5.78. The number of ether oxygens (including phenoxy) is 1. The minimum absolute atomic E-state index is 0.0926. The van der Waals surface area contributed by atoms with Gasteiger partial charge in [0.2, 0.25) is 5.88 Å². The summed E-state index contributed by atoms with van der Waals surface area (Å²) in [6.07, 6.45) is 7.11. The van der Waals surface area contributed by atoms with Crippen LogP contribution in [0.25, 0.3) is 5.52 Å². The molecule has 6 nitrogen and oxygen atoms in total. The van der Waals surface area contributed by atoms with Crippen molar-refractivity contribution in [3.05, 3.63) is 48.5 Å². The standard InChI is InChI=1S/C15H17N5O/c1-11(2)21-15-12(4-3-6-17-15)10-18-14-13-5-7-19-20(13)9-8-16-14/h3-9,11H,10H2,1-2H3,(H,16,18). The van der Waals surface area contributed by atoms with Crippen molar-refractivity contribution in [2.45, 2.75) is 26.5 Å². The zero-order chi connectivity index (χ0) is 14.7. The minimum atomic E-state index is 0.0926. The zero-order valence-corrected chi connectivity index (χ0v) is 12.0. The fourth-order valence-electron chi connectivity index (χ4n) is 2.06. The van der Waals surface area contributed by atoms with Gasteiger partial charge in [0.1, 0.15) is 5.52 Å². The Hall–Kier alpha value is -2.63. The minimum Gasteiger partial charge on any atom is -0.475 e. The Morgan fingerprint density at radius 2 is 2.10 bits per heavy atom. The maximum absolute atomic E-state index is 5.72. The molecule has 3 aromatic rings. The Kier molecular flexibility index (Phi) is 3.68. The fraction of sp³-hybridized carbons (Fsp3) is 0.267. The van der Waals surface area contributed by atoms with Crippen LogP contribution in [0.2, 0.25) is 0 Å². The van der Waals surface area contributed by atoms with Gasteiger partial charge in [-0.3, -0.25) is 0 Å². The number of pyridine rings is 1. The smallest absolute Gasteiger partial charge is 0.218 e. The lowest BCUT2D eigenvalue weighted by Crippen LogP contribution is -2.11. The first-order chi connectivity index (χ1) is 10.2. The second-order valence-corrected chi connectivity index (χ2v) is 4.92. The summed E-state index contributed by atoms with van der Waals surface area (Å²) in [5.41, 5.74) is 1.93. The molecule has 0 amide bonds. The van der Waals surface area contributed by atoms with Crippen molar-refractivity contribution in [3.8, 4) is 5.88 Å². The summed E-state index contributed by atoms with van der Waals surface area (Å²) >= 11 is 0. The molecule has 0 aromatic carbocycles. The van der Waals surface area contributed by atoms with Crippen molar-refractivity contribution < 1.29 is 4.74 Å². The van der Waals surface area contributed by atoms with Gasteiger partial charge in [0.25, 0.3) is 0 Å². The van der Waals surface area contributed by atoms with Crippen molar-refractivity contribution >= 4 is 11.3 Å². The Bertz CT molecular complexity index is 738. The lowest BCUT2D eigenvalue weighted by molar-refractivity contribution is 0.230. The van der Waals surface area contributed by atoms with Crippen LogP contribution >= 0.6 is 0 Å². The largest absolute Gasteiger partial charge is 0.475 e. The molecular formula is C15H17N5O. The van der Waals surface area contributed by atoms with Gasteiger partial charge in [-0.25, -0.2) is 14.5 Å². The summed E-state index contributed by atoms with van der Waals surface area (Å²) in [5, 5.41) is 7.50. The number of nitrogens with zero attached hydrogens (tertiary/aromatic N) is 4. The van der Waals surface area contributed by atoms with E-state index >= 15 is 0 Å². The number of aromatic nitrogens is 4. The molecule has 3 aromatic heterocycles. The SMILES string of the molecule is CC(C)Oc1ncccc1CNc1nccn2nccc12. The van der Waals surface area contributed by atoms with E-state index in [1.807, 2.05) is 38.2 Å². The maximum atomic E-state index is 5.72. The highest BCUT2D eigenvalue weighted by molar-refractivity contribution is 5.66. The summed E-state index contributed by atoms with van der Waals surface area (Å²) in [6.45, 7) is 4.56. The highest BCUT2D eigenvalue weighted by Crippen LogP contribution is 2.19. The molecule has 3 heterocycles. The third-order valence-electron chi connectivity index (χ3n) is 2.97. The zero-order valence-electron chi connectivity index (χ0n) is 12.0. The maximum Gasteiger partial charge on any atom is 0.218 e. The van der Waals surface area contributed by atoms with E-state index in [2.05, 4.69) is 20.4 Å². The highest BCUT2D eigenvalue weighted by atomic mass is 16.5. The van der Waals surface area contributed by atoms with Crippen molar-refractivity contribution in [2.24, 2.45) is 0 Å². The lowest BCUT2D eigenvalue weighted by Gasteiger charge is -2.13. The molecule has 1 N–H and O–H groups in total. The van der Waals surface area contributed by atoms with Crippen LogP contribution in [-0.4, -0.2) is 25.7 Å². The summed E-state index contributed by atoms with van der Waals surface area (Å²) in [4.78, 5) is 8.63. The monoisotopic (exact) mass is 283 g/mol. The van der Waals surface area contributed by atoms with Crippen LogP contribution in [-0.2, 0) is 6.54 Å². The van der Waals surface area contributed by atoms with Gasteiger partial charge in [0.15, 0.2) is 5.82 Å². The normalized spacial score (nSPS) is 11.0. The molecule has 0 unspecified atom stereocenters. The molecule has 0 saturated heterocycles. The van der Waals surface area contributed by atoms with E-state index in [9.17, 15) is 0 Å². The van der Waals surface area contributed by atoms with Crippen molar-refractivity contribution in [1.29, 1.82) is 0 Å². The molecule has 108 valence electrons. The summed E-state index contributed by atoms with van der Waals surface area (Å²) in [7, 11) is 0. The van der Waals surface area contributed by atoms with E-state index in [1.165, 1.54) is 0 Å². The predicted octanol–water partition coefficient (Wildman–Crippen LogP) is 2.52. The Morgan fingerprint density at radius 3 is 2.95 bits per heavy atom. The van der Waals surface area contributed by atoms with Gasteiger partial charge in [0.05, 0.1) is 12.3 Å². The molecule has 21 heavy (non-hydrogen) atoms. The quantitative estimate of drug-likeness (QED) is 0.779. The van der Waals surface area contributed by atoms with Crippen LogP contribution in [0.1, 0.15) is 19.4 Å². The van der Waals surface area contributed by atoms with E-state index in [1.54, 1.807) is 23.1 Å². The van der Waals surface area contributed by atoms with E-state index < -0.39 is 0 Å². The van der Waals surface area contributed by atoms with Crippen LogP contribution in [0.5, 0.6) is 5.88 Å². The first kappa shape index (κ1) is 13.4. The van der Waals surface area contributed by atoms with Crippen LogP contribution in [0, 0.1) is 0 Å². The van der Waals surface area contributed by atoms with Crippen LogP contribution in [0.4, 0.5) is 5.82 Å². The molecule has 0 saturated carbocycles. The number of nitrogens with one attached hydrogen (secondary N) is 1. The Balaban J connectivity index is 1.80. The van der Waals surface area contributed by atoms with Gasteiger partial charge < -0.3 is 10.1 Å². The van der Waals surface area contributed by atoms with E-state index in [4.69, 9.17) is 4.74 Å². The number of fused-ring (bicyclic) bond motifs is 1. The molecular weight excluding hydrogens is 266 g/mol. The lowest BCUT2D eigenvalue weighted by atomic mass is 10.2. The number of hydrogen-bond acceptors (Lipinski definition) is 5. The van der Waals surface area contributed by atoms with Gasteiger partial charge in [-0.15, -0.1) is 0 Å². The first-order valence-corrected chi connectivity index (χ1v) is 6.87. The van der Waals surface area contributed by atoms with Crippen LogP contribution < -0.4 is 10.1 Å². The first-order valence-electron chi connectivity index (χ1n) is 6.87. The highest BCUT2D eigenvalue weighted by Gasteiger charge is 2.08. The van der Waals surface area contributed by atoms with Gasteiger partial charge in [0, 0.05) is 30.7 Å². The van der Waals surface area contributed by atoms with Gasteiger partial charge >= 0.3 is 0 Å². The Labute approximate surface area is 122 Å². The van der Waals surface area contributed by atoms with Gasteiger partial charge in [-0.05, 0) is 26.0 Å². The van der Waals surface area contributed by atoms with Crippen molar-refractivity contribution in [3.63, 3.8) is 0 Å². The fourth-order valence-corrected chi connectivity index (χ4v) is 2.06. The summed E-state index contributed by atoms with van der Waals surface area (Å²) < 4.78 is 7.50. The van der Waals surface area contributed by atoms with E-state index in [-0.39, 0.29) is 6.10 Å². The number of anilines is 1. The van der Waals surface area contributed by atoms with Gasteiger partial charge in [-0.2, -0.15) is 5.10 Å². The van der Waals surface area contributed by atoms with Crippen LogP contribution in [0.3, 0.4) is 0 Å². The van der Waals surface area contributed by atoms with Crippen LogP contribution in [0.15, 0.2) is 43.0 Å². The predicted molar refractivity (Wildman–Crippen MR) is 80.3 cm³/mol.